The SMILES string of the molecule is COC(=O)[C@]12[C@H]3[C@@H]4[C@H](O[C@H]31)[C@@]42C(=O)OC. The van der Waals surface area contributed by atoms with Crippen molar-refractivity contribution in [2.24, 2.45) is 22.7 Å². The van der Waals surface area contributed by atoms with Crippen LogP contribution >= 0.6 is 0 Å². The first-order valence-corrected chi connectivity index (χ1v) is 5.01. The highest BCUT2D eigenvalue weighted by Gasteiger charge is 3.12. The molecular formula is C10H10O5. The van der Waals surface area contributed by atoms with Gasteiger partial charge in [-0.05, 0) is 0 Å². The second kappa shape index (κ2) is 1.80. The lowest BCUT2D eigenvalue weighted by molar-refractivity contribution is -0.168. The van der Waals surface area contributed by atoms with Crippen molar-refractivity contribution in [3.8, 4) is 0 Å². The van der Waals surface area contributed by atoms with Gasteiger partial charge in [-0.25, -0.2) is 0 Å². The van der Waals surface area contributed by atoms with Gasteiger partial charge < -0.3 is 14.2 Å². The molecule has 0 radical (unpaired) electrons. The van der Waals surface area contributed by atoms with Crippen molar-refractivity contribution in [1.29, 1.82) is 0 Å². The summed E-state index contributed by atoms with van der Waals surface area (Å²) < 4.78 is 15.2. The molecule has 5 heteroatoms. The Balaban J connectivity index is 1.81. The van der Waals surface area contributed by atoms with Crippen molar-refractivity contribution in [3.63, 3.8) is 0 Å². The fraction of sp³-hybridized carbons (Fsp3) is 0.800. The maximum atomic E-state index is 11.7. The van der Waals surface area contributed by atoms with E-state index in [9.17, 15) is 9.59 Å². The van der Waals surface area contributed by atoms with Gasteiger partial charge in [-0.2, -0.15) is 0 Å². The first-order chi connectivity index (χ1) is 7.18. The molecule has 0 amide bonds. The summed E-state index contributed by atoms with van der Waals surface area (Å²) in [7, 11) is 2.70. The van der Waals surface area contributed by atoms with Gasteiger partial charge in [-0.15, -0.1) is 0 Å². The van der Waals surface area contributed by atoms with Crippen LogP contribution in [0.2, 0.25) is 0 Å². The van der Waals surface area contributed by atoms with Crippen LogP contribution in [0.4, 0.5) is 0 Å². The maximum Gasteiger partial charge on any atom is 0.316 e. The van der Waals surface area contributed by atoms with Gasteiger partial charge in [0.2, 0.25) is 0 Å². The van der Waals surface area contributed by atoms with Gasteiger partial charge in [0.05, 0.1) is 26.4 Å². The molecule has 80 valence electrons. The zero-order valence-electron chi connectivity index (χ0n) is 8.35. The van der Waals surface area contributed by atoms with Gasteiger partial charge in [0.25, 0.3) is 0 Å². The van der Waals surface area contributed by atoms with Gasteiger partial charge in [-0.3, -0.25) is 9.59 Å². The highest BCUT2D eigenvalue weighted by molar-refractivity contribution is 6.02. The number of ether oxygens (including phenoxy) is 3. The van der Waals surface area contributed by atoms with Crippen molar-refractivity contribution in [2.45, 2.75) is 12.2 Å². The average molecular weight is 210 g/mol. The molecule has 0 aromatic carbocycles. The number of hydrogen-bond acceptors (Lipinski definition) is 5. The van der Waals surface area contributed by atoms with Crippen LogP contribution in [0.25, 0.3) is 0 Å². The molecule has 3 aliphatic carbocycles. The molecule has 5 rings (SSSR count). The lowest BCUT2D eigenvalue weighted by atomic mass is 9.72. The summed E-state index contributed by atoms with van der Waals surface area (Å²) in [4.78, 5) is 23.5. The van der Waals surface area contributed by atoms with Gasteiger partial charge in [0.15, 0.2) is 0 Å². The molecule has 5 nitrogen and oxygen atoms in total. The molecule has 6 atom stereocenters. The number of rotatable bonds is 2. The highest BCUT2D eigenvalue weighted by atomic mass is 16.6. The third kappa shape index (κ3) is 0.427. The van der Waals surface area contributed by atoms with Crippen LogP contribution in [0.3, 0.4) is 0 Å². The largest absolute Gasteiger partial charge is 0.468 e. The molecule has 5 fully saturated rings. The molecule has 3 saturated carbocycles. The van der Waals surface area contributed by atoms with Crippen LogP contribution in [-0.4, -0.2) is 38.4 Å². The van der Waals surface area contributed by atoms with E-state index >= 15 is 0 Å². The summed E-state index contributed by atoms with van der Waals surface area (Å²) in [6.07, 6.45) is -0.168. The van der Waals surface area contributed by atoms with E-state index in [1.807, 2.05) is 0 Å². The lowest BCUT2D eigenvalue weighted by Gasteiger charge is -2.29. The quantitative estimate of drug-likeness (QED) is 0.566. The van der Waals surface area contributed by atoms with Crippen molar-refractivity contribution in [3.05, 3.63) is 0 Å². The van der Waals surface area contributed by atoms with Gasteiger partial charge in [0, 0.05) is 11.8 Å². The molecule has 2 saturated heterocycles. The minimum absolute atomic E-state index is 0.0842. The number of methoxy groups -OCH3 is 2. The lowest BCUT2D eigenvalue weighted by Crippen LogP contribution is -2.45. The molecule has 5 aliphatic rings. The van der Waals surface area contributed by atoms with Crippen LogP contribution in [0, 0.1) is 22.7 Å². The molecule has 0 N–H and O–H groups in total. The van der Waals surface area contributed by atoms with E-state index in [-0.39, 0.29) is 36.0 Å². The molecule has 2 aliphatic heterocycles. The molecule has 15 heavy (non-hydrogen) atoms. The van der Waals surface area contributed by atoms with Crippen LogP contribution < -0.4 is 0 Å². The average Bonchev–Trinajstić information content (AvgIpc) is 2.88. The topological polar surface area (TPSA) is 61.8 Å². The Bertz CT molecular complexity index is 363. The van der Waals surface area contributed by atoms with E-state index in [1.165, 1.54) is 14.2 Å². The minimum Gasteiger partial charge on any atom is -0.468 e. The van der Waals surface area contributed by atoms with Crippen molar-refractivity contribution < 1.29 is 23.8 Å². The monoisotopic (exact) mass is 210 g/mol. The number of hydrogen-bond donors (Lipinski definition) is 0. The summed E-state index contributed by atoms with van der Waals surface area (Å²) in [5.74, 6) is -0.179. The molecule has 0 spiro atoms. The Morgan fingerprint density at radius 1 is 1.00 bits per heavy atom. The van der Waals surface area contributed by atoms with E-state index in [0.29, 0.717) is 0 Å². The van der Waals surface area contributed by atoms with E-state index in [1.54, 1.807) is 0 Å². The Labute approximate surface area is 85.7 Å². The summed E-state index contributed by atoms with van der Waals surface area (Å²) in [5.41, 5.74) is -1.35. The van der Waals surface area contributed by atoms with Crippen LogP contribution in [0.5, 0.6) is 0 Å². The molecule has 2 heterocycles. The van der Waals surface area contributed by atoms with Crippen molar-refractivity contribution in [1.82, 2.24) is 0 Å². The van der Waals surface area contributed by atoms with E-state index in [0.717, 1.165) is 0 Å². The summed E-state index contributed by atoms with van der Waals surface area (Å²) in [6.45, 7) is 0. The van der Waals surface area contributed by atoms with Gasteiger partial charge in [-0.1, -0.05) is 0 Å². The van der Waals surface area contributed by atoms with E-state index < -0.39 is 10.8 Å². The van der Waals surface area contributed by atoms with Crippen molar-refractivity contribution in [2.75, 3.05) is 14.2 Å². The Hall–Kier alpha value is -1.10. The van der Waals surface area contributed by atoms with Crippen molar-refractivity contribution >= 4 is 11.9 Å². The standard InChI is InChI=1S/C10H10O5/c1-13-7(11)9-3-4-6(15-5(3)9)10(4,9)8(12)14-2/h3-6H,1-2H3/t3-,4+,5+,6-,9-,10+. The Morgan fingerprint density at radius 2 is 1.40 bits per heavy atom. The number of esters is 2. The maximum absolute atomic E-state index is 11.7. The van der Waals surface area contributed by atoms with Crippen LogP contribution in [0.1, 0.15) is 0 Å². The predicted octanol–water partition coefficient (Wildman–Crippen LogP) is -0.654. The molecule has 0 aromatic heterocycles. The Morgan fingerprint density at radius 3 is 1.67 bits per heavy atom. The van der Waals surface area contributed by atoms with E-state index in [4.69, 9.17) is 14.2 Å². The molecular weight excluding hydrogens is 200 g/mol. The van der Waals surface area contributed by atoms with E-state index in [2.05, 4.69) is 0 Å². The second-order valence-corrected chi connectivity index (χ2v) is 4.75. The molecule has 0 unspecified atom stereocenters. The zero-order valence-corrected chi connectivity index (χ0v) is 8.35. The van der Waals surface area contributed by atoms with Crippen LogP contribution in [-0.2, 0) is 23.8 Å². The fourth-order valence-corrected chi connectivity index (χ4v) is 4.35. The highest BCUT2D eigenvalue weighted by Crippen LogP contribution is 2.99. The first-order valence-electron chi connectivity index (χ1n) is 5.01. The first kappa shape index (κ1) is 8.10. The number of carbonyl (C=O) groups is 2. The molecule has 2 bridgehead atoms. The fourth-order valence-electron chi connectivity index (χ4n) is 4.35. The van der Waals surface area contributed by atoms with Crippen LogP contribution in [0.15, 0.2) is 0 Å². The third-order valence-corrected chi connectivity index (χ3v) is 4.79. The normalized spacial score (nSPS) is 60.1. The van der Waals surface area contributed by atoms with Gasteiger partial charge in [0.1, 0.15) is 10.8 Å². The minimum atomic E-state index is -0.676. The van der Waals surface area contributed by atoms with Gasteiger partial charge >= 0.3 is 11.9 Å². The smallest absolute Gasteiger partial charge is 0.316 e. The Kier molecular flexibility index (Phi) is 0.969. The summed E-state index contributed by atoms with van der Waals surface area (Å²) >= 11 is 0. The summed E-state index contributed by atoms with van der Waals surface area (Å²) in [6, 6.07) is 0. The second-order valence-electron chi connectivity index (χ2n) is 4.75. The summed E-state index contributed by atoms with van der Waals surface area (Å²) in [5, 5.41) is 0. The predicted molar refractivity (Wildman–Crippen MR) is 44.5 cm³/mol. The number of carbonyl (C=O) groups excluding carboxylic acids is 2. The zero-order chi connectivity index (χ0) is 10.6. The third-order valence-electron chi connectivity index (χ3n) is 4.79. The molecule has 0 aromatic rings.